The third-order valence-electron chi connectivity index (χ3n) is 4.50. The number of benzene rings is 1. The van der Waals surface area contributed by atoms with Crippen LogP contribution in [0.1, 0.15) is 31.2 Å². The number of hydrogen-bond acceptors (Lipinski definition) is 3. The Morgan fingerprint density at radius 3 is 2.72 bits per heavy atom. The van der Waals surface area contributed by atoms with E-state index in [4.69, 9.17) is 0 Å². The van der Waals surface area contributed by atoms with Gasteiger partial charge in [-0.2, -0.15) is 0 Å². The van der Waals surface area contributed by atoms with Gasteiger partial charge in [0.15, 0.2) is 0 Å². The quantitative estimate of drug-likeness (QED) is 0.656. The molecule has 0 amide bonds. The Kier molecular flexibility index (Phi) is 2.73. The van der Waals surface area contributed by atoms with Gasteiger partial charge < -0.3 is 5.32 Å². The molecule has 2 saturated carbocycles. The first-order chi connectivity index (χ1) is 8.63. The van der Waals surface area contributed by atoms with E-state index in [1.807, 2.05) is 13.0 Å². The van der Waals surface area contributed by atoms with Gasteiger partial charge in [-0.3, -0.25) is 10.1 Å². The van der Waals surface area contributed by atoms with E-state index in [1.165, 1.54) is 25.7 Å². The van der Waals surface area contributed by atoms with Gasteiger partial charge in [-0.15, -0.1) is 0 Å². The van der Waals surface area contributed by atoms with Crippen LogP contribution in [-0.2, 0) is 0 Å². The summed E-state index contributed by atoms with van der Waals surface area (Å²) in [7, 11) is 0. The van der Waals surface area contributed by atoms with Crippen LogP contribution in [0.3, 0.4) is 0 Å². The van der Waals surface area contributed by atoms with Gasteiger partial charge in [0, 0.05) is 23.9 Å². The number of hydrogen-bond donors (Lipinski definition) is 1. The molecule has 2 fully saturated rings. The zero-order valence-corrected chi connectivity index (χ0v) is 10.6. The summed E-state index contributed by atoms with van der Waals surface area (Å²) in [6.07, 6.45) is 5.36. The Morgan fingerprint density at radius 1 is 1.33 bits per heavy atom. The molecule has 0 heterocycles. The largest absolute Gasteiger partial charge is 0.382 e. The minimum absolute atomic E-state index is 0.172. The standard InChI is InChI=1S/C14H18N2O2/c1-9-6-12(16(17)18)4-5-13(9)15-14-8-10-2-3-11(14)7-10/h4-6,10-11,14-15H,2-3,7-8H2,1H3. The van der Waals surface area contributed by atoms with Crippen molar-refractivity contribution in [2.75, 3.05) is 5.32 Å². The van der Waals surface area contributed by atoms with E-state index in [1.54, 1.807) is 12.1 Å². The highest BCUT2D eigenvalue weighted by atomic mass is 16.6. The van der Waals surface area contributed by atoms with Gasteiger partial charge >= 0.3 is 0 Å². The zero-order valence-electron chi connectivity index (χ0n) is 10.6. The average molecular weight is 246 g/mol. The second kappa shape index (κ2) is 4.26. The SMILES string of the molecule is Cc1cc([N+](=O)[O-])ccc1NC1CC2CCC1C2. The normalized spacial score (nSPS) is 29.5. The Labute approximate surface area is 107 Å². The van der Waals surface area contributed by atoms with Crippen LogP contribution in [-0.4, -0.2) is 11.0 Å². The number of nitro benzene ring substituents is 1. The second-order valence-corrected chi connectivity index (χ2v) is 5.68. The molecule has 1 aromatic rings. The summed E-state index contributed by atoms with van der Waals surface area (Å²) in [6.45, 7) is 1.93. The predicted molar refractivity (Wildman–Crippen MR) is 70.7 cm³/mol. The molecule has 0 radical (unpaired) electrons. The molecule has 18 heavy (non-hydrogen) atoms. The van der Waals surface area contributed by atoms with E-state index in [-0.39, 0.29) is 10.6 Å². The highest BCUT2D eigenvalue weighted by molar-refractivity contribution is 5.56. The molecule has 2 bridgehead atoms. The highest BCUT2D eigenvalue weighted by Crippen LogP contribution is 2.45. The van der Waals surface area contributed by atoms with Crippen LogP contribution in [0.25, 0.3) is 0 Å². The van der Waals surface area contributed by atoms with Gasteiger partial charge in [0.1, 0.15) is 0 Å². The lowest BCUT2D eigenvalue weighted by Gasteiger charge is -2.24. The molecule has 0 aromatic heterocycles. The number of nitrogens with zero attached hydrogens (tertiary/aromatic N) is 1. The molecule has 2 aliphatic carbocycles. The van der Waals surface area contributed by atoms with Crippen molar-refractivity contribution in [3.05, 3.63) is 33.9 Å². The zero-order chi connectivity index (χ0) is 12.7. The number of nitro groups is 1. The molecule has 0 saturated heterocycles. The van der Waals surface area contributed by atoms with Gasteiger partial charge in [-0.05, 0) is 49.7 Å². The molecule has 96 valence electrons. The number of fused-ring (bicyclic) bond motifs is 2. The highest BCUT2D eigenvalue weighted by Gasteiger charge is 2.39. The first kappa shape index (κ1) is 11.5. The molecule has 2 aliphatic rings. The van der Waals surface area contributed by atoms with Crippen molar-refractivity contribution in [1.82, 2.24) is 0 Å². The second-order valence-electron chi connectivity index (χ2n) is 5.68. The summed E-state index contributed by atoms with van der Waals surface area (Å²) in [6, 6.07) is 5.65. The van der Waals surface area contributed by atoms with Crippen molar-refractivity contribution < 1.29 is 4.92 Å². The molecule has 0 spiro atoms. The topological polar surface area (TPSA) is 55.2 Å². The molecular formula is C14H18N2O2. The monoisotopic (exact) mass is 246 g/mol. The molecule has 0 aliphatic heterocycles. The van der Waals surface area contributed by atoms with Crippen LogP contribution >= 0.6 is 0 Å². The van der Waals surface area contributed by atoms with Gasteiger partial charge in [-0.1, -0.05) is 6.42 Å². The summed E-state index contributed by atoms with van der Waals surface area (Å²) in [4.78, 5) is 10.4. The van der Waals surface area contributed by atoms with Crippen molar-refractivity contribution in [3.8, 4) is 0 Å². The first-order valence-corrected chi connectivity index (χ1v) is 6.65. The number of nitrogens with one attached hydrogen (secondary N) is 1. The Hall–Kier alpha value is -1.58. The minimum Gasteiger partial charge on any atom is -0.382 e. The lowest BCUT2D eigenvalue weighted by molar-refractivity contribution is -0.384. The Morgan fingerprint density at radius 2 is 2.17 bits per heavy atom. The molecule has 4 heteroatoms. The fraction of sp³-hybridized carbons (Fsp3) is 0.571. The lowest BCUT2D eigenvalue weighted by atomic mass is 9.95. The van der Waals surface area contributed by atoms with E-state index in [0.29, 0.717) is 6.04 Å². The van der Waals surface area contributed by atoms with Crippen molar-refractivity contribution in [1.29, 1.82) is 0 Å². The van der Waals surface area contributed by atoms with E-state index in [0.717, 1.165) is 23.1 Å². The summed E-state index contributed by atoms with van der Waals surface area (Å²) in [5, 5.41) is 14.3. The van der Waals surface area contributed by atoms with Crippen LogP contribution in [0.15, 0.2) is 18.2 Å². The van der Waals surface area contributed by atoms with Crippen molar-refractivity contribution in [3.63, 3.8) is 0 Å². The van der Waals surface area contributed by atoms with Gasteiger partial charge in [0.2, 0.25) is 0 Å². The molecule has 3 rings (SSSR count). The van der Waals surface area contributed by atoms with Crippen LogP contribution < -0.4 is 5.32 Å². The Bertz CT molecular complexity index is 487. The molecular weight excluding hydrogens is 228 g/mol. The van der Waals surface area contributed by atoms with Crippen molar-refractivity contribution >= 4 is 11.4 Å². The maximum absolute atomic E-state index is 10.7. The van der Waals surface area contributed by atoms with Gasteiger partial charge in [0.25, 0.3) is 5.69 Å². The summed E-state index contributed by atoms with van der Waals surface area (Å²) in [5.74, 6) is 1.72. The molecule has 4 nitrogen and oxygen atoms in total. The van der Waals surface area contributed by atoms with Crippen molar-refractivity contribution in [2.24, 2.45) is 11.8 Å². The van der Waals surface area contributed by atoms with E-state index >= 15 is 0 Å². The summed E-state index contributed by atoms with van der Waals surface area (Å²) in [5.41, 5.74) is 2.19. The van der Waals surface area contributed by atoms with Crippen LogP contribution in [0, 0.1) is 28.9 Å². The van der Waals surface area contributed by atoms with Crippen LogP contribution in [0.2, 0.25) is 0 Å². The number of aryl methyl sites for hydroxylation is 1. The lowest BCUT2D eigenvalue weighted by Crippen LogP contribution is -2.26. The van der Waals surface area contributed by atoms with E-state index in [2.05, 4.69) is 5.32 Å². The van der Waals surface area contributed by atoms with E-state index in [9.17, 15) is 10.1 Å². The van der Waals surface area contributed by atoms with Gasteiger partial charge in [-0.25, -0.2) is 0 Å². The third-order valence-corrected chi connectivity index (χ3v) is 4.50. The molecule has 1 aromatic carbocycles. The minimum atomic E-state index is -0.339. The fourth-order valence-corrected chi connectivity index (χ4v) is 3.54. The number of rotatable bonds is 3. The van der Waals surface area contributed by atoms with Crippen LogP contribution in [0.4, 0.5) is 11.4 Å². The van der Waals surface area contributed by atoms with Gasteiger partial charge in [0.05, 0.1) is 4.92 Å². The fourth-order valence-electron chi connectivity index (χ4n) is 3.54. The maximum Gasteiger partial charge on any atom is 0.269 e. The Balaban J connectivity index is 1.75. The summed E-state index contributed by atoms with van der Waals surface area (Å²) >= 11 is 0. The average Bonchev–Trinajstić information content (AvgIpc) is 2.93. The van der Waals surface area contributed by atoms with Crippen LogP contribution in [0.5, 0.6) is 0 Å². The third kappa shape index (κ3) is 1.96. The first-order valence-electron chi connectivity index (χ1n) is 6.65. The molecule has 1 N–H and O–H groups in total. The number of anilines is 1. The van der Waals surface area contributed by atoms with Crippen molar-refractivity contribution in [2.45, 2.75) is 38.6 Å². The molecule has 3 atom stereocenters. The number of non-ortho nitro benzene ring substituents is 1. The van der Waals surface area contributed by atoms with E-state index < -0.39 is 0 Å². The smallest absolute Gasteiger partial charge is 0.269 e. The maximum atomic E-state index is 10.7. The molecule has 3 unspecified atom stereocenters. The predicted octanol–water partition coefficient (Wildman–Crippen LogP) is 3.50. The summed E-state index contributed by atoms with van der Waals surface area (Å²) < 4.78 is 0.